The SMILES string of the molecule is c1ccc(Cc2nnc3n2NC2c4nc5ccccc5nc4C4Nn5c(Cc6ccccc6)nnc5SC4c4ccccc4OCCCOc4ccccc4C2S3)cc1. The molecule has 3 aliphatic heterocycles. The van der Waals surface area contributed by atoms with Gasteiger partial charge in [0.1, 0.15) is 23.6 Å². The zero-order valence-corrected chi connectivity index (χ0v) is 33.4. The fourth-order valence-electron chi connectivity index (χ4n) is 8.07. The third kappa shape index (κ3) is 6.81. The molecular weight excluding hydrogens is 777 g/mol. The molecule has 8 aromatic rings. The quantitative estimate of drug-likeness (QED) is 0.177. The lowest BCUT2D eigenvalue weighted by molar-refractivity contribution is 0.244. The first-order chi connectivity index (χ1) is 29.2. The number of nitrogens with one attached hydrogen (secondary N) is 2. The van der Waals surface area contributed by atoms with Gasteiger partial charge in [-0.2, -0.15) is 0 Å². The molecule has 3 aromatic heterocycles. The molecule has 0 fully saturated rings. The van der Waals surface area contributed by atoms with Gasteiger partial charge in [-0.15, -0.1) is 20.4 Å². The van der Waals surface area contributed by atoms with Crippen molar-refractivity contribution in [2.75, 3.05) is 24.1 Å². The first-order valence-electron chi connectivity index (χ1n) is 19.8. The van der Waals surface area contributed by atoms with Crippen LogP contribution in [-0.2, 0) is 12.8 Å². The Balaban J connectivity index is 1.12. The van der Waals surface area contributed by atoms with E-state index in [9.17, 15) is 0 Å². The normalized spacial score (nSPS) is 19.5. The second-order valence-corrected chi connectivity index (χ2v) is 16.9. The van der Waals surface area contributed by atoms with Gasteiger partial charge < -0.3 is 20.3 Å². The molecule has 0 saturated carbocycles. The highest BCUT2D eigenvalue weighted by molar-refractivity contribution is 7.99. The summed E-state index contributed by atoms with van der Waals surface area (Å²) in [4.78, 5) is 11.1. The number of ether oxygens (including phenoxy) is 2. The number of aromatic nitrogens is 8. The molecule has 292 valence electrons. The molecule has 4 unspecified atom stereocenters. The number of hydrogen-bond donors (Lipinski definition) is 2. The largest absolute Gasteiger partial charge is 0.493 e. The van der Waals surface area contributed by atoms with Crippen LogP contribution in [-0.4, -0.2) is 52.9 Å². The summed E-state index contributed by atoms with van der Waals surface area (Å²) in [7, 11) is 0. The maximum absolute atomic E-state index is 6.58. The van der Waals surface area contributed by atoms with Crippen molar-refractivity contribution in [3.8, 4) is 11.5 Å². The molecule has 0 spiro atoms. The molecule has 6 heterocycles. The molecular formula is C45H38N10O2S2. The Hall–Kier alpha value is -6.38. The van der Waals surface area contributed by atoms with Crippen molar-refractivity contribution < 1.29 is 9.47 Å². The average molecular weight is 815 g/mol. The van der Waals surface area contributed by atoms with Gasteiger partial charge in [0.05, 0.1) is 46.1 Å². The molecule has 2 N–H and O–H groups in total. The van der Waals surface area contributed by atoms with Crippen LogP contribution in [0.5, 0.6) is 11.5 Å². The summed E-state index contributed by atoms with van der Waals surface area (Å²) in [6.45, 7) is 0.978. The molecule has 12 nitrogen and oxygen atoms in total. The van der Waals surface area contributed by atoms with E-state index in [2.05, 4.69) is 83.6 Å². The Bertz CT molecular complexity index is 2590. The van der Waals surface area contributed by atoms with Gasteiger partial charge in [0.25, 0.3) is 0 Å². The summed E-state index contributed by atoms with van der Waals surface area (Å²) < 4.78 is 17.2. The Morgan fingerprint density at radius 2 is 0.932 bits per heavy atom. The minimum atomic E-state index is -0.398. The van der Waals surface area contributed by atoms with Crippen LogP contribution in [0.4, 0.5) is 0 Å². The fraction of sp³-hybridized carbons (Fsp3) is 0.200. The van der Waals surface area contributed by atoms with Crippen molar-refractivity contribution in [3.63, 3.8) is 0 Å². The summed E-state index contributed by atoms with van der Waals surface area (Å²) in [6.07, 6.45) is 1.91. The predicted molar refractivity (Wildman–Crippen MR) is 228 cm³/mol. The van der Waals surface area contributed by atoms with E-state index in [0.717, 1.165) is 78.1 Å². The summed E-state index contributed by atoms with van der Waals surface area (Å²) in [5.41, 5.74) is 15.4. The lowest BCUT2D eigenvalue weighted by Gasteiger charge is -2.38. The number of thioether (sulfide) groups is 2. The highest BCUT2D eigenvalue weighted by Gasteiger charge is 2.43. The minimum Gasteiger partial charge on any atom is -0.493 e. The van der Waals surface area contributed by atoms with Gasteiger partial charge in [0, 0.05) is 30.4 Å². The van der Waals surface area contributed by atoms with Crippen LogP contribution < -0.4 is 20.3 Å². The van der Waals surface area contributed by atoms with E-state index in [-0.39, 0.29) is 10.5 Å². The summed E-state index contributed by atoms with van der Waals surface area (Å²) >= 11 is 3.33. The molecule has 14 heteroatoms. The number of para-hydroxylation sites is 4. The van der Waals surface area contributed by atoms with Crippen molar-refractivity contribution in [1.82, 2.24) is 39.7 Å². The monoisotopic (exact) mass is 814 g/mol. The van der Waals surface area contributed by atoms with E-state index in [1.54, 1.807) is 23.5 Å². The predicted octanol–water partition coefficient (Wildman–Crippen LogP) is 8.42. The molecule has 0 amide bonds. The highest BCUT2D eigenvalue weighted by atomic mass is 32.2. The third-order valence-corrected chi connectivity index (χ3v) is 13.4. The van der Waals surface area contributed by atoms with Crippen LogP contribution in [0.15, 0.2) is 144 Å². The second-order valence-electron chi connectivity index (χ2n) is 14.7. The highest BCUT2D eigenvalue weighted by Crippen LogP contribution is 2.54. The molecule has 0 saturated heterocycles. The lowest BCUT2D eigenvalue weighted by Crippen LogP contribution is -2.37. The van der Waals surface area contributed by atoms with Crippen LogP contribution in [0.25, 0.3) is 11.0 Å². The van der Waals surface area contributed by atoms with Gasteiger partial charge >= 0.3 is 0 Å². The second kappa shape index (κ2) is 15.4. The van der Waals surface area contributed by atoms with E-state index in [0.29, 0.717) is 32.5 Å². The summed E-state index contributed by atoms with van der Waals surface area (Å²) in [5, 5.41) is 20.0. The van der Waals surface area contributed by atoms with E-state index in [1.165, 1.54) is 0 Å². The average Bonchev–Trinajstić information content (AvgIpc) is 3.87. The maximum atomic E-state index is 6.58. The van der Waals surface area contributed by atoms with Crippen molar-refractivity contribution in [1.29, 1.82) is 0 Å². The minimum absolute atomic E-state index is 0.218. The number of benzene rings is 5. The van der Waals surface area contributed by atoms with E-state index >= 15 is 0 Å². The van der Waals surface area contributed by atoms with Crippen molar-refractivity contribution in [2.24, 2.45) is 0 Å². The topological polar surface area (TPSA) is 130 Å². The molecule has 11 rings (SSSR count). The van der Waals surface area contributed by atoms with Gasteiger partial charge in [-0.05, 0) is 35.4 Å². The van der Waals surface area contributed by atoms with Gasteiger partial charge in [-0.25, -0.2) is 19.3 Å². The van der Waals surface area contributed by atoms with Crippen LogP contribution in [0.2, 0.25) is 0 Å². The van der Waals surface area contributed by atoms with Crippen LogP contribution in [0.3, 0.4) is 0 Å². The van der Waals surface area contributed by atoms with E-state index < -0.39 is 12.1 Å². The number of rotatable bonds is 4. The van der Waals surface area contributed by atoms with Crippen molar-refractivity contribution in [2.45, 2.75) is 52.2 Å². The fourth-order valence-corrected chi connectivity index (χ4v) is 10.5. The van der Waals surface area contributed by atoms with Gasteiger partial charge in [0.2, 0.25) is 10.3 Å². The van der Waals surface area contributed by atoms with Crippen LogP contribution in [0.1, 0.15) is 74.3 Å². The maximum Gasteiger partial charge on any atom is 0.210 e. The molecule has 0 radical (unpaired) electrons. The smallest absolute Gasteiger partial charge is 0.210 e. The third-order valence-electron chi connectivity index (χ3n) is 10.9. The summed E-state index contributed by atoms with van der Waals surface area (Å²) in [5.74, 6) is 3.23. The van der Waals surface area contributed by atoms with Gasteiger partial charge in [-0.3, -0.25) is 0 Å². The molecule has 0 aliphatic carbocycles. The van der Waals surface area contributed by atoms with Crippen LogP contribution >= 0.6 is 23.5 Å². The zero-order valence-electron chi connectivity index (χ0n) is 31.8. The van der Waals surface area contributed by atoms with Gasteiger partial charge in [-0.1, -0.05) is 133 Å². The Labute approximate surface area is 348 Å². The first kappa shape index (κ1) is 35.8. The molecule has 5 aromatic carbocycles. The summed E-state index contributed by atoms with van der Waals surface area (Å²) in [6, 6.07) is 44.6. The number of nitrogens with zero attached hydrogens (tertiary/aromatic N) is 8. The van der Waals surface area contributed by atoms with Crippen molar-refractivity contribution >= 4 is 34.6 Å². The molecule has 59 heavy (non-hydrogen) atoms. The molecule has 0 bridgehead atoms. The standard InChI is InChI=1S/C45H38N10O2S2/c1-3-14-28(15-4-1)26-36-48-50-44-54(36)52-40-38-39(47-33-21-10-9-20-32(33)46-38)41-43(59-45-51-49-37(55(45)53-41)27-29-16-5-2-6-17-29)31-19-8-12-23-35(31)57-25-13-24-56-34-22-11-7-18-30(34)42(40)58-44/h1-12,14-23,40-43,52-53H,13,24-27H2. The zero-order chi connectivity index (χ0) is 39.1. The number of hydrogen-bond acceptors (Lipinski definition) is 12. The van der Waals surface area contributed by atoms with E-state index in [1.807, 2.05) is 70.0 Å². The van der Waals surface area contributed by atoms with Gasteiger partial charge in [0.15, 0.2) is 11.6 Å². The lowest BCUT2D eigenvalue weighted by atomic mass is 9.94. The first-order valence-corrected chi connectivity index (χ1v) is 21.5. The molecule has 3 aliphatic rings. The van der Waals surface area contributed by atoms with Crippen LogP contribution in [0, 0.1) is 0 Å². The Kier molecular flexibility index (Phi) is 9.34. The number of fused-ring (bicyclic) bond motifs is 12. The van der Waals surface area contributed by atoms with Crippen molar-refractivity contribution in [3.05, 3.63) is 179 Å². The Morgan fingerprint density at radius 3 is 1.41 bits per heavy atom. The molecule has 4 atom stereocenters. The van der Waals surface area contributed by atoms with E-state index in [4.69, 9.17) is 39.8 Å². The Morgan fingerprint density at radius 1 is 0.508 bits per heavy atom.